The quantitative estimate of drug-likeness (QED) is 0.907. The molecule has 2 aromatic rings. The number of hydrogen-bond acceptors (Lipinski definition) is 4. The van der Waals surface area contributed by atoms with Gasteiger partial charge in [0.2, 0.25) is 0 Å². The SMILES string of the molecule is N#Cc1ccc(OCC(=O)NC(=O)Nc2ccccc2F)cc1. The zero-order chi connectivity index (χ0) is 16.7. The molecule has 2 N–H and O–H groups in total. The molecule has 0 heterocycles. The van der Waals surface area contributed by atoms with Crippen LogP contribution >= 0.6 is 0 Å². The van der Waals surface area contributed by atoms with Crippen LogP contribution in [0.1, 0.15) is 5.56 Å². The fraction of sp³-hybridized carbons (Fsp3) is 0.0625. The number of amides is 3. The second-order valence-electron chi connectivity index (χ2n) is 4.41. The van der Waals surface area contributed by atoms with Gasteiger partial charge in [0.25, 0.3) is 5.91 Å². The molecule has 2 aromatic carbocycles. The molecule has 23 heavy (non-hydrogen) atoms. The molecule has 0 bridgehead atoms. The third-order valence-corrected chi connectivity index (χ3v) is 2.73. The average molecular weight is 313 g/mol. The van der Waals surface area contributed by atoms with Crippen molar-refractivity contribution in [1.82, 2.24) is 5.32 Å². The van der Waals surface area contributed by atoms with Crippen LogP contribution in [0.3, 0.4) is 0 Å². The molecule has 0 atom stereocenters. The van der Waals surface area contributed by atoms with E-state index in [0.717, 1.165) is 0 Å². The van der Waals surface area contributed by atoms with Gasteiger partial charge in [-0.3, -0.25) is 10.1 Å². The number of para-hydroxylation sites is 1. The summed E-state index contributed by atoms with van der Waals surface area (Å²) in [5.41, 5.74) is 0.428. The van der Waals surface area contributed by atoms with Crippen molar-refractivity contribution in [3.8, 4) is 11.8 Å². The van der Waals surface area contributed by atoms with E-state index in [0.29, 0.717) is 11.3 Å². The molecule has 0 aliphatic heterocycles. The van der Waals surface area contributed by atoms with Gasteiger partial charge in [-0.15, -0.1) is 0 Å². The second kappa shape index (κ2) is 7.56. The van der Waals surface area contributed by atoms with Crippen molar-refractivity contribution in [3.63, 3.8) is 0 Å². The van der Waals surface area contributed by atoms with Crippen LogP contribution in [-0.2, 0) is 4.79 Å². The number of carbonyl (C=O) groups is 2. The van der Waals surface area contributed by atoms with E-state index in [9.17, 15) is 14.0 Å². The van der Waals surface area contributed by atoms with Gasteiger partial charge in [-0.05, 0) is 36.4 Å². The number of anilines is 1. The van der Waals surface area contributed by atoms with E-state index in [1.165, 1.54) is 42.5 Å². The van der Waals surface area contributed by atoms with E-state index >= 15 is 0 Å². The Labute approximate surface area is 131 Å². The largest absolute Gasteiger partial charge is 0.484 e. The van der Waals surface area contributed by atoms with Gasteiger partial charge in [-0.25, -0.2) is 9.18 Å². The highest BCUT2D eigenvalue weighted by Crippen LogP contribution is 2.12. The standard InChI is InChI=1S/C16H12FN3O3/c17-13-3-1-2-4-14(13)19-16(22)20-15(21)10-23-12-7-5-11(9-18)6-8-12/h1-8H,10H2,(H2,19,20,21,22). The molecule has 2 rings (SSSR count). The van der Waals surface area contributed by atoms with Crippen molar-refractivity contribution in [3.05, 3.63) is 59.9 Å². The number of hydrogen-bond donors (Lipinski definition) is 2. The third-order valence-electron chi connectivity index (χ3n) is 2.73. The van der Waals surface area contributed by atoms with Crippen LogP contribution in [0.5, 0.6) is 5.75 Å². The lowest BCUT2D eigenvalue weighted by Gasteiger charge is -2.08. The number of halogens is 1. The van der Waals surface area contributed by atoms with E-state index in [4.69, 9.17) is 10.00 Å². The van der Waals surface area contributed by atoms with Crippen LogP contribution in [-0.4, -0.2) is 18.5 Å². The highest BCUT2D eigenvalue weighted by Gasteiger charge is 2.10. The van der Waals surface area contributed by atoms with Gasteiger partial charge in [-0.1, -0.05) is 12.1 Å². The average Bonchev–Trinajstić information content (AvgIpc) is 2.55. The highest BCUT2D eigenvalue weighted by molar-refractivity contribution is 6.01. The number of nitrogens with one attached hydrogen (secondary N) is 2. The first-order valence-corrected chi connectivity index (χ1v) is 6.57. The summed E-state index contributed by atoms with van der Waals surface area (Å²) in [6.45, 7) is -0.392. The Morgan fingerprint density at radius 1 is 1.13 bits per heavy atom. The molecular formula is C16H12FN3O3. The molecule has 0 aliphatic carbocycles. The summed E-state index contributed by atoms with van der Waals surface area (Å²) in [6.07, 6.45) is 0. The monoisotopic (exact) mass is 313 g/mol. The lowest BCUT2D eigenvalue weighted by Crippen LogP contribution is -2.37. The molecule has 0 fully saturated rings. The number of nitrogens with zero attached hydrogens (tertiary/aromatic N) is 1. The van der Waals surface area contributed by atoms with E-state index in [-0.39, 0.29) is 5.69 Å². The first-order valence-electron chi connectivity index (χ1n) is 6.57. The Hall–Kier alpha value is -3.40. The molecule has 3 amide bonds. The van der Waals surface area contributed by atoms with Gasteiger partial charge in [0.15, 0.2) is 6.61 Å². The number of nitriles is 1. The molecule has 0 unspecified atom stereocenters. The predicted molar refractivity (Wildman–Crippen MR) is 80.2 cm³/mol. The molecule has 0 saturated heterocycles. The molecule has 7 heteroatoms. The van der Waals surface area contributed by atoms with Crippen LogP contribution < -0.4 is 15.4 Å². The van der Waals surface area contributed by atoms with Crippen molar-refractivity contribution in [1.29, 1.82) is 5.26 Å². The van der Waals surface area contributed by atoms with Gasteiger partial charge in [-0.2, -0.15) is 5.26 Å². The maximum atomic E-state index is 13.3. The summed E-state index contributed by atoms with van der Waals surface area (Å²) >= 11 is 0. The first-order chi connectivity index (χ1) is 11.1. The third kappa shape index (κ3) is 4.82. The molecule has 0 aliphatic rings. The Balaban J connectivity index is 1.81. The second-order valence-corrected chi connectivity index (χ2v) is 4.41. The summed E-state index contributed by atoms with van der Waals surface area (Å²) < 4.78 is 18.5. The Morgan fingerprint density at radius 2 is 1.83 bits per heavy atom. The van der Waals surface area contributed by atoms with Crippen molar-refractivity contribution in [2.75, 3.05) is 11.9 Å². The number of imide groups is 1. The van der Waals surface area contributed by atoms with E-state index in [1.807, 2.05) is 11.4 Å². The molecule has 0 spiro atoms. The van der Waals surface area contributed by atoms with Crippen LogP contribution in [0.2, 0.25) is 0 Å². The van der Waals surface area contributed by atoms with Crippen molar-refractivity contribution in [2.24, 2.45) is 0 Å². The fourth-order valence-electron chi connectivity index (χ4n) is 1.65. The zero-order valence-electron chi connectivity index (χ0n) is 11.9. The van der Waals surface area contributed by atoms with Crippen LogP contribution in [0, 0.1) is 17.1 Å². The van der Waals surface area contributed by atoms with Crippen LogP contribution in [0.4, 0.5) is 14.9 Å². The van der Waals surface area contributed by atoms with Gasteiger partial charge in [0, 0.05) is 0 Å². The number of benzene rings is 2. The number of carbonyl (C=O) groups excluding carboxylic acids is 2. The Kier molecular flexibility index (Phi) is 5.25. The van der Waals surface area contributed by atoms with Gasteiger partial charge in [0.1, 0.15) is 11.6 Å². The normalized spacial score (nSPS) is 9.57. The lowest BCUT2D eigenvalue weighted by molar-refractivity contribution is -0.121. The van der Waals surface area contributed by atoms with Crippen molar-refractivity contribution in [2.45, 2.75) is 0 Å². The predicted octanol–water partition coefficient (Wildman–Crippen LogP) is 2.42. The minimum atomic E-state index is -0.858. The number of ether oxygens (including phenoxy) is 1. The molecular weight excluding hydrogens is 301 g/mol. The fourth-order valence-corrected chi connectivity index (χ4v) is 1.65. The van der Waals surface area contributed by atoms with Crippen LogP contribution in [0.15, 0.2) is 48.5 Å². The summed E-state index contributed by atoms with van der Waals surface area (Å²) in [5, 5.41) is 12.9. The van der Waals surface area contributed by atoms with Crippen molar-refractivity contribution >= 4 is 17.6 Å². The molecule has 0 radical (unpaired) electrons. The zero-order valence-corrected chi connectivity index (χ0v) is 11.9. The smallest absolute Gasteiger partial charge is 0.326 e. The summed E-state index contributed by atoms with van der Waals surface area (Å²) in [4.78, 5) is 23.2. The van der Waals surface area contributed by atoms with Crippen LogP contribution in [0.25, 0.3) is 0 Å². The number of rotatable bonds is 4. The molecule has 116 valence electrons. The summed E-state index contributed by atoms with van der Waals surface area (Å²) in [5.74, 6) is -0.916. The molecule has 0 aromatic heterocycles. The summed E-state index contributed by atoms with van der Waals surface area (Å²) in [6, 6.07) is 12.8. The topological polar surface area (TPSA) is 91.2 Å². The summed E-state index contributed by atoms with van der Waals surface area (Å²) in [7, 11) is 0. The van der Waals surface area contributed by atoms with Gasteiger partial charge < -0.3 is 10.1 Å². The van der Waals surface area contributed by atoms with Crippen molar-refractivity contribution < 1.29 is 18.7 Å². The Morgan fingerprint density at radius 3 is 2.48 bits per heavy atom. The van der Waals surface area contributed by atoms with E-state index in [1.54, 1.807) is 6.07 Å². The maximum Gasteiger partial charge on any atom is 0.326 e. The van der Waals surface area contributed by atoms with Gasteiger partial charge >= 0.3 is 6.03 Å². The lowest BCUT2D eigenvalue weighted by atomic mass is 10.2. The maximum absolute atomic E-state index is 13.3. The van der Waals surface area contributed by atoms with Gasteiger partial charge in [0.05, 0.1) is 17.3 Å². The minimum absolute atomic E-state index is 0.0363. The molecule has 0 saturated carbocycles. The number of urea groups is 1. The minimum Gasteiger partial charge on any atom is -0.484 e. The Bertz CT molecular complexity index is 754. The highest BCUT2D eigenvalue weighted by atomic mass is 19.1. The molecule has 6 nitrogen and oxygen atoms in total. The first kappa shape index (κ1) is 16.0. The van der Waals surface area contributed by atoms with E-state index < -0.39 is 24.4 Å². The van der Waals surface area contributed by atoms with E-state index in [2.05, 4.69) is 5.32 Å².